The number of halogens is 1. The quantitative estimate of drug-likeness (QED) is 0.00841. The number of unbranched alkanes of at least 4 members (excludes halogenated alkanes) is 3. The third-order valence-electron chi connectivity index (χ3n) is 17.3. The molecule has 6 aromatic rings. The smallest absolute Gasteiger partial charge is 0.870 e. The Labute approximate surface area is 667 Å². The molecule has 3 aromatic heterocycles. The van der Waals surface area contributed by atoms with Crippen LogP contribution in [0.4, 0.5) is 29.5 Å². The predicted molar refractivity (Wildman–Crippen MR) is 422 cm³/mol. The number of nitrogens with two attached hydrogens (primary N) is 4. The SMILES string of the molecule is CCCC[C@@H](CC(=O)O)Nc1nc(N)nc(C)c1Cc1cc(C(C)(C)C(=O)O)ccc1OC.CCCC[C@H](N)CC(=O)OC(C)(C)C.[C-]#[N+]C(C)(C)c1ccc(OC)c(Cc2c(C)nc(N)nc2Cl)c1.[C-]#[N+]C(C)(C)c1ccc(OC)c(Cc2c(C)nc(N)nc2N[C@@H](CCCC)CC(=O)OC(C)(C)C)c1.[Na+].[OH-]. The molecule has 108 heavy (non-hydrogen) atoms. The van der Waals surface area contributed by atoms with Gasteiger partial charge in [-0.05, 0) is 160 Å². The van der Waals surface area contributed by atoms with Crippen molar-refractivity contribution in [3.63, 3.8) is 0 Å². The maximum atomic E-state index is 12.6. The number of nitrogen functional groups attached to an aromatic ring is 3. The number of carbonyl (C=O) groups is 4. The molecule has 0 fully saturated rings. The van der Waals surface area contributed by atoms with Crippen molar-refractivity contribution in [1.82, 2.24) is 29.9 Å². The zero-order valence-corrected chi connectivity index (χ0v) is 70.6. The van der Waals surface area contributed by atoms with Gasteiger partial charge in [0.1, 0.15) is 45.2 Å². The first-order valence-corrected chi connectivity index (χ1v) is 36.3. The first kappa shape index (κ1) is 97.4. The number of carboxylic acids is 2. The van der Waals surface area contributed by atoms with Crippen LogP contribution in [-0.4, -0.2) is 120 Å². The third kappa shape index (κ3) is 31.9. The number of methoxy groups -OCH3 is 3. The molecule has 6 rings (SSSR count). The molecule has 3 heterocycles. The van der Waals surface area contributed by atoms with Crippen LogP contribution in [0, 0.1) is 33.9 Å². The molecular formula is C80H118ClN14NaO12. The zero-order valence-electron chi connectivity index (χ0n) is 67.8. The van der Waals surface area contributed by atoms with Crippen LogP contribution in [0.25, 0.3) is 9.69 Å². The van der Waals surface area contributed by atoms with Crippen molar-refractivity contribution in [2.45, 2.75) is 267 Å². The van der Waals surface area contributed by atoms with Crippen LogP contribution in [0.1, 0.15) is 248 Å². The normalized spacial score (nSPS) is 12.1. The fraction of sp³-hybridized carbons (Fsp3) is 0.550. The molecule has 0 amide bonds. The Morgan fingerprint density at radius 3 is 1.19 bits per heavy atom. The molecule has 0 saturated carbocycles. The van der Waals surface area contributed by atoms with E-state index < -0.39 is 39.6 Å². The molecule has 0 spiro atoms. The molecule has 28 heteroatoms. The number of aliphatic carboxylic acids is 2. The van der Waals surface area contributed by atoms with E-state index in [1.165, 1.54) is 0 Å². The van der Waals surface area contributed by atoms with E-state index in [2.05, 4.69) is 64.1 Å². The minimum absolute atomic E-state index is 0. The number of carboxylic acid groups (broad SMARTS) is 2. The maximum absolute atomic E-state index is 12.6. The molecule has 0 radical (unpaired) electrons. The maximum Gasteiger partial charge on any atom is 1.00 e. The second-order valence-corrected chi connectivity index (χ2v) is 30.2. The molecule has 0 unspecified atom stereocenters. The van der Waals surface area contributed by atoms with E-state index in [0.717, 1.165) is 119 Å². The van der Waals surface area contributed by atoms with Gasteiger partial charge in [-0.3, -0.25) is 19.2 Å². The van der Waals surface area contributed by atoms with Gasteiger partial charge in [0.2, 0.25) is 17.8 Å². The number of nitrogens with one attached hydrogen (secondary N) is 2. The largest absolute Gasteiger partial charge is 1.00 e. The van der Waals surface area contributed by atoms with Crippen molar-refractivity contribution < 1.29 is 88.1 Å². The van der Waals surface area contributed by atoms with Gasteiger partial charge in [-0.15, -0.1) is 0 Å². The summed E-state index contributed by atoms with van der Waals surface area (Å²) >= 11 is 6.22. The van der Waals surface area contributed by atoms with E-state index in [9.17, 15) is 29.4 Å². The monoisotopic (exact) mass is 1520 g/mol. The molecule has 0 aliphatic heterocycles. The Morgan fingerprint density at radius 1 is 0.519 bits per heavy atom. The molecule has 0 bridgehead atoms. The van der Waals surface area contributed by atoms with Crippen LogP contribution in [0.5, 0.6) is 17.2 Å². The Morgan fingerprint density at radius 2 is 0.852 bits per heavy atom. The van der Waals surface area contributed by atoms with Gasteiger partial charge in [0.15, 0.2) is 0 Å². The molecule has 588 valence electrons. The van der Waals surface area contributed by atoms with Crippen molar-refractivity contribution in [3.8, 4) is 17.2 Å². The van der Waals surface area contributed by atoms with Gasteiger partial charge in [0.05, 0.1) is 46.0 Å². The molecule has 3 aromatic carbocycles. The van der Waals surface area contributed by atoms with Gasteiger partial charge in [0, 0.05) is 110 Å². The summed E-state index contributed by atoms with van der Waals surface area (Å²) in [5, 5.41) is 26.1. The van der Waals surface area contributed by atoms with E-state index in [0.29, 0.717) is 65.9 Å². The minimum Gasteiger partial charge on any atom is -0.870 e. The van der Waals surface area contributed by atoms with E-state index in [1.54, 1.807) is 47.3 Å². The van der Waals surface area contributed by atoms with Gasteiger partial charge in [-0.25, -0.2) is 33.1 Å². The fourth-order valence-corrected chi connectivity index (χ4v) is 11.4. The number of hydrogen-bond acceptors (Lipinski definition) is 22. The zero-order chi connectivity index (χ0) is 80.2. The summed E-state index contributed by atoms with van der Waals surface area (Å²) in [6, 6.07) is 16.4. The van der Waals surface area contributed by atoms with Gasteiger partial charge in [-0.1, -0.05) is 83.0 Å². The Kier molecular flexibility index (Phi) is 40.3. The van der Waals surface area contributed by atoms with Crippen LogP contribution in [-0.2, 0) is 64.4 Å². The number of nitrogens with zero attached hydrogens (tertiary/aromatic N) is 8. The number of anilines is 5. The van der Waals surface area contributed by atoms with Crippen molar-refractivity contribution in [2.24, 2.45) is 5.73 Å². The number of ether oxygens (including phenoxy) is 5. The van der Waals surface area contributed by atoms with Gasteiger partial charge < -0.3 is 82.6 Å². The van der Waals surface area contributed by atoms with Crippen molar-refractivity contribution in [3.05, 3.63) is 150 Å². The molecule has 0 saturated heterocycles. The first-order chi connectivity index (χ1) is 49.4. The van der Waals surface area contributed by atoms with Crippen LogP contribution < -0.4 is 77.3 Å². The molecule has 13 N–H and O–H groups in total. The minimum atomic E-state index is -1.08. The molecule has 0 aliphatic rings. The van der Waals surface area contributed by atoms with Crippen molar-refractivity contribution in [1.29, 1.82) is 0 Å². The number of benzene rings is 3. The summed E-state index contributed by atoms with van der Waals surface area (Å²) in [5.74, 6) is 1.29. The number of aromatic nitrogens is 6. The summed E-state index contributed by atoms with van der Waals surface area (Å²) in [6.07, 6.45) is 10.2. The average Bonchev–Trinajstić information content (AvgIpc) is 0.807. The summed E-state index contributed by atoms with van der Waals surface area (Å²) in [6.45, 7) is 48.8. The number of aryl methyl sites for hydroxylation is 3. The van der Waals surface area contributed by atoms with Crippen LogP contribution >= 0.6 is 11.6 Å². The fourth-order valence-electron chi connectivity index (χ4n) is 11.1. The number of esters is 2. The first-order valence-electron chi connectivity index (χ1n) is 35.9. The topological polar surface area (TPSA) is 399 Å². The van der Waals surface area contributed by atoms with Gasteiger partial charge >= 0.3 is 53.4 Å². The standard InChI is InChI=1S/C28H41N5O3.C24H34N4O5.C17H19ClN4O.C11H23NO2.Na.H2O/c1-10-11-12-21(17-24(34)36-27(3,4)5)32-25-22(18(2)31-26(29)33-25)16-19-15-20(28(6,7)30-8)13-14-23(19)35-9;1-6-7-8-17(13-20(29)30)27-21-18(14(2)26-23(25)28-21)12-15-11-16(9-10-19(15)33-5)24(3,4)22(31)32;1-10-13(15(18)22-16(19)21-10)9-11-8-12(17(2,3)20-4)6-7-14(11)23-5;1-5-6-7-9(12)8-10(13)14-11(2,3)4;;/h13-15,21H,10-12,16-17H2,1-7,9H3,(H3,29,31,32,33);9-11,17H,6-8,12-13H2,1-5H3,(H,29,30)(H,31,32)(H3,25,26,27,28);6-8H,9H2,1-3,5H3,(H2,19,21,22);9H,5-8,12H2,1-4H3;;1H2/q;;;;+1;/p-1/t21-;17-;;9-;;/m00.0../s1. The number of hydrogen-bond donors (Lipinski definition) is 8. The Balaban J connectivity index is 0.000000749. The van der Waals surface area contributed by atoms with E-state index >= 15 is 0 Å². The predicted octanol–water partition coefficient (Wildman–Crippen LogP) is 12.4. The second kappa shape index (κ2) is 44.7. The third-order valence-corrected chi connectivity index (χ3v) is 17.7. The average molecular weight is 1530 g/mol. The summed E-state index contributed by atoms with van der Waals surface area (Å²) in [5.41, 5.74) is 29.7. The summed E-state index contributed by atoms with van der Waals surface area (Å²) < 4.78 is 27.3. The summed E-state index contributed by atoms with van der Waals surface area (Å²) in [7, 11) is 4.80. The van der Waals surface area contributed by atoms with Crippen LogP contribution in [0.15, 0.2) is 54.6 Å². The number of rotatable bonds is 32. The van der Waals surface area contributed by atoms with Crippen LogP contribution in [0.3, 0.4) is 0 Å². The molecule has 0 aliphatic carbocycles. The van der Waals surface area contributed by atoms with E-state index in [4.69, 9.17) is 71.4 Å². The molecular weight excluding hydrogens is 1410 g/mol. The Bertz CT molecular complexity index is 3990. The van der Waals surface area contributed by atoms with Crippen molar-refractivity contribution >= 4 is 65.0 Å². The van der Waals surface area contributed by atoms with E-state index in [1.807, 2.05) is 139 Å². The van der Waals surface area contributed by atoms with E-state index in [-0.39, 0.29) is 95.8 Å². The number of carbonyl (C=O) groups excluding carboxylic acids is 2. The van der Waals surface area contributed by atoms with Gasteiger partial charge in [-0.2, -0.15) is 9.97 Å². The van der Waals surface area contributed by atoms with Crippen LogP contribution in [0.2, 0.25) is 5.15 Å². The second-order valence-electron chi connectivity index (χ2n) is 29.9. The van der Waals surface area contributed by atoms with Crippen molar-refractivity contribution in [2.75, 3.05) is 49.2 Å². The summed E-state index contributed by atoms with van der Waals surface area (Å²) in [4.78, 5) is 80.3. The molecule has 26 nitrogen and oxygen atoms in total. The van der Waals surface area contributed by atoms with Gasteiger partial charge in [0.25, 0.3) is 11.1 Å². The Hall–Kier alpha value is -8.63. The molecule has 3 atom stereocenters.